The number of aryl methyl sites for hydroxylation is 1. The molecule has 0 radical (unpaired) electrons. The average molecular weight is 492 g/mol. The van der Waals surface area contributed by atoms with E-state index >= 15 is 4.39 Å². The molecule has 5 heterocycles. The number of hydrogen-bond donors (Lipinski definition) is 0. The maximum atomic E-state index is 15.4. The summed E-state index contributed by atoms with van der Waals surface area (Å²) < 4.78 is 36.4. The number of rotatable bonds is 6. The Hall–Kier alpha value is -3.50. The summed E-state index contributed by atoms with van der Waals surface area (Å²) in [5.41, 5.74) is 3.55. The van der Waals surface area contributed by atoms with Crippen molar-refractivity contribution in [3.8, 4) is 17.4 Å². The molecule has 2 aliphatic rings. The van der Waals surface area contributed by atoms with Crippen molar-refractivity contribution in [1.82, 2.24) is 34.3 Å². The van der Waals surface area contributed by atoms with Gasteiger partial charge in [0.15, 0.2) is 5.65 Å². The van der Waals surface area contributed by atoms with Crippen LogP contribution in [0.4, 0.5) is 8.78 Å². The van der Waals surface area contributed by atoms with Crippen LogP contribution in [-0.4, -0.2) is 73.6 Å². The Kier molecular flexibility index (Phi) is 5.65. The van der Waals surface area contributed by atoms with Crippen LogP contribution >= 0.6 is 0 Å². The summed E-state index contributed by atoms with van der Waals surface area (Å²) in [6.07, 6.45) is 3.85. The van der Waals surface area contributed by atoms with Crippen LogP contribution in [0.2, 0.25) is 0 Å². The largest absolute Gasteiger partial charge is 0.467 e. The molecule has 2 atom stereocenters. The van der Waals surface area contributed by atoms with Gasteiger partial charge in [0.2, 0.25) is 0 Å². The highest BCUT2D eigenvalue weighted by Gasteiger charge is 2.41. The lowest BCUT2D eigenvalue weighted by Gasteiger charge is -2.31. The highest BCUT2D eigenvalue weighted by molar-refractivity contribution is 5.79. The van der Waals surface area contributed by atoms with Gasteiger partial charge >= 0.3 is 6.01 Å². The summed E-state index contributed by atoms with van der Waals surface area (Å²) in [4.78, 5) is 22.3. The van der Waals surface area contributed by atoms with E-state index in [0.29, 0.717) is 45.9 Å². The van der Waals surface area contributed by atoms with Gasteiger partial charge in [-0.05, 0) is 38.1 Å². The van der Waals surface area contributed by atoms with Crippen LogP contribution in [0.5, 0.6) is 6.01 Å². The van der Waals surface area contributed by atoms with Gasteiger partial charge in [-0.1, -0.05) is 12.1 Å². The molecule has 186 valence electrons. The molecule has 4 aromatic rings. The zero-order valence-electron chi connectivity index (χ0n) is 20.4. The second kappa shape index (κ2) is 8.86. The third-order valence-corrected chi connectivity index (χ3v) is 7.35. The zero-order valence-corrected chi connectivity index (χ0v) is 20.4. The fourth-order valence-corrected chi connectivity index (χ4v) is 5.47. The van der Waals surface area contributed by atoms with Crippen LogP contribution in [0.25, 0.3) is 22.6 Å². The zero-order chi connectivity index (χ0) is 25.0. The summed E-state index contributed by atoms with van der Waals surface area (Å²) >= 11 is 0. The van der Waals surface area contributed by atoms with Gasteiger partial charge in [0.05, 0.1) is 25.5 Å². The molecule has 1 aromatic carbocycles. The Morgan fingerprint density at radius 3 is 2.58 bits per heavy atom. The van der Waals surface area contributed by atoms with Crippen molar-refractivity contribution in [2.75, 3.05) is 27.2 Å². The molecule has 2 fully saturated rings. The average Bonchev–Trinajstić information content (AvgIpc) is 3.53. The molecular weight excluding hydrogens is 464 g/mol. The molecule has 0 amide bonds. The molecule has 3 aromatic heterocycles. The third-order valence-electron chi connectivity index (χ3n) is 7.35. The number of imidazole rings is 1. The number of aromatic nitrogens is 5. The Morgan fingerprint density at radius 1 is 1.03 bits per heavy atom. The molecule has 0 unspecified atom stereocenters. The van der Waals surface area contributed by atoms with Gasteiger partial charge in [-0.2, -0.15) is 9.97 Å². The summed E-state index contributed by atoms with van der Waals surface area (Å²) in [6, 6.07) is 8.10. The molecule has 2 bridgehead atoms. The van der Waals surface area contributed by atoms with E-state index in [1.54, 1.807) is 17.6 Å². The second-order valence-corrected chi connectivity index (χ2v) is 9.72. The van der Waals surface area contributed by atoms with Gasteiger partial charge in [0.1, 0.15) is 23.0 Å². The smallest absolute Gasteiger partial charge is 0.318 e. The van der Waals surface area contributed by atoms with E-state index in [1.807, 2.05) is 12.1 Å². The molecular formula is C26H27F2N7O. The van der Waals surface area contributed by atoms with E-state index in [0.717, 1.165) is 31.4 Å². The van der Waals surface area contributed by atoms with Gasteiger partial charge in [-0.25, -0.2) is 13.8 Å². The number of methoxy groups -OCH3 is 1. The first-order valence-electron chi connectivity index (χ1n) is 12.0. The molecule has 36 heavy (non-hydrogen) atoms. The molecule has 6 rings (SSSR count). The standard InChI is InChI=1S/C26H27F2N7O/c1-15-23-25(32-26(30-15)36-3)35(24(31-23)18-7-19(27)10-29-9-18)12-17-5-4-16(6-22(17)28)11-34-14-20-8-21(34)13-33(20)2/h4-7,9-10,20-21H,8,11-14H2,1-3H3/t20-,21-/m0/s1. The van der Waals surface area contributed by atoms with Crippen LogP contribution in [0.3, 0.4) is 0 Å². The Labute approximate surface area is 207 Å². The van der Waals surface area contributed by atoms with E-state index in [-0.39, 0.29) is 18.4 Å². The van der Waals surface area contributed by atoms with Crippen molar-refractivity contribution in [2.45, 2.75) is 38.5 Å². The van der Waals surface area contributed by atoms with E-state index in [2.05, 4.69) is 36.8 Å². The molecule has 8 nitrogen and oxygen atoms in total. The summed E-state index contributed by atoms with van der Waals surface area (Å²) in [5.74, 6) is -0.343. The van der Waals surface area contributed by atoms with Crippen LogP contribution in [0.1, 0.15) is 23.2 Å². The third kappa shape index (κ3) is 4.00. The first kappa shape index (κ1) is 22.9. The first-order valence-corrected chi connectivity index (χ1v) is 12.0. The number of likely N-dealkylation sites (tertiary alicyclic amines) is 2. The van der Waals surface area contributed by atoms with E-state index in [1.165, 1.54) is 25.8 Å². The molecule has 2 aliphatic heterocycles. The van der Waals surface area contributed by atoms with Gasteiger partial charge in [-0.3, -0.25) is 9.88 Å². The second-order valence-electron chi connectivity index (χ2n) is 9.72. The van der Waals surface area contributed by atoms with Crippen molar-refractivity contribution < 1.29 is 13.5 Å². The lowest BCUT2D eigenvalue weighted by Crippen LogP contribution is -2.43. The molecule has 10 heteroatoms. The van der Waals surface area contributed by atoms with Gasteiger partial charge in [0.25, 0.3) is 0 Å². The predicted molar refractivity (Wildman–Crippen MR) is 131 cm³/mol. The minimum Gasteiger partial charge on any atom is -0.467 e. The number of hydrogen-bond acceptors (Lipinski definition) is 7. The normalized spacial score (nSPS) is 20.0. The summed E-state index contributed by atoms with van der Waals surface area (Å²) in [6.45, 7) is 4.80. The van der Waals surface area contributed by atoms with E-state index in [4.69, 9.17) is 4.74 Å². The predicted octanol–water partition coefficient (Wildman–Crippen LogP) is 3.42. The number of likely N-dealkylation sites (N-methyl/N-ethyl adjacent to an activating group) is 1. The maximum absolute atomic E-state index is 15.4. The highest BCUT2D eigenvalue weighted by Crippen LogP contribution is 2.31. The fourth-order valence-electron chi connectivity index (χ4n) is 5.47. The summed E-state index contributed by atoms with van der Waals surface area (Å²) in [7, 11) is 3.66. The SMILES string of the molecule is COc1nc(C)c2nc(-c3cncc(F)c3)n(Cc3ccc(CN4C[C@@H]5C[C@H]4CN5C)cc3F)c2n1. The Bertz CT molecular complexity index is 1450. The quantitative estimate of drug-likeness (QED) is 0.409. The van der Waals surface area contributed by atoms with Crippen molar-refractivity contribution in [3.05, 3.63) is 65.1 Å². The number of halogens is 2. The number of ether oxygens (including phenoxy) is 1. The van der Waals surface area contributed by atoms with Crippen molar-refractivity contribution in [1.29, 1.82) is 0 Å². The Balaban J connectivity index is 1.35. The van der Waals surface area contributed by atoms with Crippen LogP contribution in [0, 0.1) is 18.6 Å². The van der Waals surface area contributed by atoms with Gasteiger partial charge in [-0.15, -0.1) is 0 Å². The number of fused-ring (bicyclic) bond motifs is 3. The number of piperazine rings is 1. The highest BCUT2D eigenvalue weighted by atomic mass is 19.1. The van der Waals surface area contributed by atoms with Crippen molar-refractivity contribution in [2.24, 2.45) is 0 Å². The number of pyridine rings is 1. The van der Waals surface area contributed by atoms with Crippen molar-refractivity contribution in [3.63, 3.8) is 0 Å². The van der Waals surface area contributed by atoms with Crippen LogP contribution in [0.15, 0.2) is 36.7 Å². The molecule has 0 aliphatic carbocycles. The summed E-state index contributed by atoms with van der Waals surface area (Å²) in [5, 5.41) is 0. The van der Waals surface area contributed by atoms with E-state index in [9.17, 15) is 4.39 Å². The minimum absolute atomic E-state index is 0.160. The first-order chi connectivity index (χ1) is 17.4. The van der Waals surface area contributed by atoms with Crippen LogP contribution in [-0.2, 0) is 13.1 Å². The van der Waals surface area contributed by atoms with Gasteiger partial charge < -0.3 is 14.2 Å². The van der Waals surface area contributed by atoms with Crippen LogP contribution < -0.4 is 4.74 Å². The van der Waals surface area contributed by atoms with E-state index < -0.39 is 5.82 Å². The minimum atomic E-state index is -0.483. The molecule has 2 saturated heterocycles. The number of nitrogens with zero attached hydrogens (tertiary/aromatic N) is 7. The Morgan fingerprint density at radius 2 is 1.89 bits per heavy atom. The lowest BCUT2D eigenvalue weighted by atomic mass is 10.1. The monoisotopic (exact) mass is 491 g/mol. The van der Waals surface area contributed by atoms with Crippen molar-refractivity contribution >= 4 is 11.2 Å². The molecule has 0 spiro atoms. The topological polar surface area (TPSA) is 72.2 Å². The molecule has 0 N–H and O–H groups in total. The fraction of sp³-hybridized carbons (Fsp3) is 0.385. The maximum Gasteiger partial charge on any atom is 0.318 e. The molecule has 0 saturated carbocycles. The number of benzene rings is 1. The lowest BCUT2D eigenvalue weighted by molar-refractivity contribution is 0.143. The van der Waals surface area contributed by atoms with Gasteiger partial charge in [0, 0.05) is 49.0 Å².